The van der Waals surface area contributed by atoms with Crippen LogP contribution in [0.25, 0.3) is 0 Å². The van der Waals surface area contributed by atoms with Crippen molar-refractivity contribution in [3.63, 3.8) is 0 Å². The maximum absolute atomic E-state index is 12.8. The summed E-state index contributed by atoms with van der Waals surface area (Å²) in [6.45, 7) is 3.63. The molecule has 4 nitrogen and oxygen atoms in total. The second-order valence-corrected chi connectivity index (χ2v) is 8.12. The zero-order valence-electron chi connectivity index (χ0n) is 13.3. The maximum Gasteiger partial charge on any atom is 0.226 e. The molecular formula is C17H30N2O2. The van der Waals surface area contributed by atoms with E-state index in [0.717, 1.165) is 51.5 Å². The molecule has 4 atom stereocenters. The van der Waals surface area contributed by atoms with Crippen molar-refractivity contribution in [2.75, 3.05) is 13.1 Å². The summed E-state index contributed by atoms with van der Waals surface area (Å²) in [5.74, 6) is 0.737. The summed E-state index contributed by atoms with van der Waals surface area (Å²) < 4.78 is 0. The van der Waals surface area contributed by atoms with Gasteiger partial charge in [0, 0.05) is 6.54 Å². The Morgan fingerprint density at radius 1 is 1.24 bits per heavy atom. The molecule has 0 aliphatic heterocycles. The van der Waals surface area contributed by atoms with Gasteiger partial charge >= 0.3 is 0 Å². The van der Waals surface area contributed by atoms with E-state index in [2.05, 4.69) is 12.2 Å². The van der Waals surface area contributed by atoms with Crippen molar-refractivity contribution in [2.24, 2.45) is 22.5 Å². The Bertz CT molecular complexity index is 427. The van der Waals surface area contributed by atoms with Crippen LogP contribution in [0.5, 0.6) is 0 Å². The molecule has 0 aromatic carbocycles. The summed E-state index contributed by atoms with van der Waals surface area (Å²) in [6, 6.07) is 0. The Labute approximate surface area is 127 Å². The number of hydrogen-bond donors (Lipinski definition) is 3. The summed E-state index contributed by atoms with van der Waals surface area (Å²) in [7, 11) is 0. The molecule has 0 aromatic heterocycles. The average molecular weight is 294 g/mol. The summed E-state index contributed by atoms with van der Waals surface area (Å²) in [5, 5.41) is 14.1. The van der Waals surface area contributed by atoms with Gasteiger partial charge in [-0.05, 0) is 69.2 Å². The van der Waals surface area contributed by atoms with E-state index >= 15 is 0 Å². The van der Waals surface area contributed by atoms with E-state index in [4.69, 9.17) is 5.73 Å². The molecule has 0 heterocycles. The smallest absolute Gasteiger partial charge is 0.226 e. The van der Waals surface area contributed by atoms with E-state index in [1.807, 2.05) is 0 Å². The number of hydrogen-bond acceptors (Lipinski definition) is 3. The van der Waals surface area contributed by atoms with Crippen molar-refractivity contribution in [3.05, 3.63) is 0 Å². The molecule has 4 unspecified atom stereocenters. The molecule has 0 spiro atoms. The predicted molar refractivity (Wildman–Crippen MR) is 82.6 cm³/mol. The minimum atomic E-state index is -0.579. The number of rotatable bonds is 6. The second kappa shape index (κ2) is 5.24. The fourth-order valence-corrected chi connectivity index (χ4v) is 5.89. The molecule has 0 radical (unpaired) electrons. The minimum Gasteiger partial charge on any atom is -0.390 e. The number of carbonyl (C=O) groups excluding carboxylic acids is 1. The Hall–Kier alpha value is -0.610. The Kier molecular flexibility index (Phi) is 3.81. The number of nitrogens with two attached hydrogens (primary N) is 1. The molecule has 0 aromatic rings. The molecule has 4 fully saturated rings. The Morgan fingerprint density at radius 2 is 2.05 bits per heavy atom. The third kappa shape index (κ3) is 2.61. The molecule has 1 amide bonds. The highest BCUT2D eigenvalue weighted by Crippen LogP contribution is 2.67. The largest absolute Gasteiger partial charge is 0.390 e. The van der Waals surface area contributed by atoms with Gasteiger partial charge in [0.05, 0.1) is 11.0 Å². The second-order valence-electron chi connectivity index (χ2n) is 8.12. The zero-order chi connectivity index (χ0) is 15.1. The molecule has 0 saturated heterocycles. The van der Waals surface area contributed by atoms with Crippen molar-refractivity contribution in [1.29, 1.82) is 0 Å². The first-order valence-corrected chi connectivity index (χ1v) is 8.66. The fourth-order valence-electron chi connectivity index (χ4n) is 5.89. The molecule has 4 heteroatoms. The van der Waals surface area contributed by atoms with Gasteiger partial charge in [-0.2, -0.15) is 0 Å². The van der Waals surface area contributed by atoms with Crippen molar-refractivity contribution in [1.82, 2.24) is 5.32 Å². The van der Waals surface area contributed by atoms with Gasteiger partial charge in [-0.25, -0.2) is 0 Å². The molecular weight excluding hydrogens is 264 g/mol. The highest BCUT2D eigenvalue weighted by Gasteiger charge is 2.64. The average Bonchev–Trinajstić information content (AvgIpc) is 2.41. The van der Waals surface area contributed by atoms with Gasteiger partial charge in [-0.3, -0.25) is 4.79 Å². The quantitative estimate of drug-likeness (QED) is 0.655. The normalized spacial score (nSPS) is 44.0. The lowest BCUT2D eigenvalue weighted by Gasteiger charge is -2.64. The molecule has 4 rings (SSSR count). The van der Waals surface area contributed by atoms with Crippen molar-refractivity contribution < 1.29 is 9.90 Å². The van der Waals surface area contributed by atoms with Gasteiger partial charge in [-0.15, -0.1) is 0 Å². The first-order chi connectivity index (χ1) is 9.95. The Balaban J connectivity index is 1.73. The van der Waals surface area contributed by atoms with Crippen LogP contribution in [0.2, 0.25) is 0 Å². The highest BCUT2D eigenvalue weighted by molar-refractivity contribution is 5.83. The van der Waals surface area contributed by atoms with Crippen LogP contribution in [-0.2, 0) is 4.79 Å². The van der Waals surface area contributed by atoms with Gasteiger partial charge < -0.3 is 16.2 Å². The van der Waals surface area contributed by atoms with Crippen LogP contribution in [0.15, 0.2) is 0 Å². The number of nitrogens with one attached hydrogen (secondary N) is 1. The van der Waals surface area contributed by atoms with Crippen LogP contribution in [0.3, 0.4) is 0 Å². The van der Waals surface area contributed by atoms with Crippen molar-refractivity contribution in [3.8, 4) is 0 Å². The topological polar surface area (TPSA) is 75.3 Å². The number of aliphatic hydroxyl groups is 1. The van der Waals surface area contributed by atoms with Gasteiger partial charge in [0.2, 0.25) is 5.91 Å². The van der Waals surface area contributed by atoms with Gasteiger partial charge in [0.1, 0.15) is 0 Å². The molecule has 120 valence electrons. The molecule has 21 heavy (non-hydrogen) atoms. The van der Waals surface area contributed by atoms with E-state index < -0.39 is 5.60 Å². The lowest BCUT2D eigenvalue weighted by molar-refractivity contribution is -0.204. The van der Waals surface area contributed by atoms with Crippen molar-refractivity contribution >= 4 is 5.91 Å². The third-order valence-electron chi connectivity index (χ3n) is 6.30. The minimum absolute atomic E-state index is 0.194. The van der Waals surface area contributed by atoms with E-state index in [9.17, 15) is 9.90 Å². The molecule has 4 saturated carbocycles. The summed E-state index contributed by atoms with van der Waals surface area (Å²) in [4.78, 5) is 12.8. The predicted octanol–water partition coefficient (Wildman–Crippen LogP) is 1.95. The number of amides is 1. The molecule has 4 N–H and O–H groups in total. The van der Waals surface area contributed by atoms with Gasteiger partial charge in [-0.1, -0.05) is 13.3 Å². The first-order valence-electron chi connectivity index (χ1n) is 8.66. The molecule has 4 aliphatic rings. The lowest BCUT2D eigenvalue weighted by atomic mass is 9.42. The monoisotopic (exact) mass is 294 g/mol. The standard InChI is InChI=1S/C17H30N2O2/c1-2-15-7-13-8-16(10-15,12-17(21,9-13)11-15)14(20)19-6-4-3-5-18/h13,21H,2-12,18H2,1H3,(H,19,20). The molecule has 4 bridgehead atoms. The fraction of sp³-hybridized carbons (Fsp3) is 0.941. The van der Waals surface area contributed by atoms with E-state index in [0.29, 0.717) is 18.9 Å². The summed E-state index contributed by atoms with van der Waals surface area (Å²) in [5.41, 5.74) is 4.83. The highest BCUT2D eigenvalue weighted by atomic mass is 16.3. The van der Waals surface area contributed by atoms with Crippen LogP contribution in [0.4, 0.5) is 0 Å². The van der Waals surface area contributed by atoms with E-state index in [1.54, 1.807) is 0 Å². The number of carbonyl (C=O) groups is 1. The summed E-state index contributed by atoms with van der Waals surface area (Å²) >= 11 is 0. The number of unbranched alkanes of at least 4 members (excludes halogenated alkanes) is 1. The van der Waals surface area contributed by atoms with Crippen LogP contribution >= 0.6 is 0 Å². The van der Waals surface area contributed by atoms with E-state index in [-0.39, 0.29) is 16.7 Å². The van der Waals surface area contributed by atoms with Crippen LogP contribution < -0.4 is 11.1 Å². The lowest BCUT2D eigenvalue weighted by Crippen LogP contribution is -2.63. The van der Waals surface area contributed by atoms with Gasteiger partial charge in [0.25, 0.3) is 0 Å². The van der Waals surface area contributed by atoms with Crippen LogP contribution in [0.1, 0.15) is 64.7 Å². The van der Waals surface area contributed by atoms with E-state index in [1.165, 1.54) is 6.42 Å². The Morgan fingerprint density at radius 3 is 2.71 bits per heavy atom. The maximum atomic E-state index is 12.8. The van der Waals surface area contributed by atoms with Gasteiger partial charge in [0.15, 0.2) is 0 Å². The third-order valence-corrected chi connectivity index (χ3v) is 6.30. The summed E-state index contributed by atoms with van der Waals surface area (Å²) in [6.07, 6.45) is 8.69. The zero-order valence-corrected chi connectivity index (χ0v) is 13.3. The van der Waals surface area contributed by atoms with Crippen molar-refractivity contribution in [2.45, 2.75) is 70.3 Å². The SMILES string of the molecule is CCC12CC3CC(O)(C1)CC(C(=O)NCCCCN)(C3)C2. The van der Waals surface area contributed by atoms with Crippen LogP contribution in [0, 0.1) is 16.7 Å². The van der Waals surface area contributed by atoms with Crippen LogP contribution in [-0.4, -0.2) is 29.7 Å². The molecule has 4 aliphatic carbocycles. The first kappa shape index (κ1) is 15.3.